The van der Waals surface area contributed by atoms with Crippen LogP contribution in [0.3, 0.4) is 0 Å². The molecule has 2 aromatic rings. The number of aromatic nitrogens is 1. The number of piperazine rings is 1. The van der Waals surface area contributed by atoms with Crippen LogP contribution in [0.25, 0.3) is 10.9 Å². The first-order valence-electron chi connectivity index (χ1n) is 8.84. The van der Waals surface area contributed by atoms with Crippen LogP contribution in [0.5, 0.6) is 0 Å². The van der Waals surface area contributed by atoms with Gasteiger partial charge in [-0.1, -0.05) is 0 Å². The second kappa shape index (κ2) is 6.06. The van der Waals surface area contributed by atoms with E-state index in [9.17, 15) is 9.59 Å². The van der Waals surface area contributed by atoms with Crippen LogP contribution in [-0.2, 0) is 24.2 Å². The van der Waals surface area contributed by atoms with Crippen LogP contribution in [0.4, 0.5) is 0 Å². The smallest absolute Gasteiger partial charge is 0.253 e. The van der Waals surface area contributed by atoms with Gasteiger partial charge in [-0.2, -0.15) is 0 Å². The van der Waals surface area contributed by atoms with E-state index in [4.69, 9.17) is 0 Å². The largest absolute Gasteiger partial charge is 0.345 e. The summed E-state index contributed by atoms with van der Waals surface area (Å²) in [5.41, 5.74) is 4.30. The number of amides is 1. The first-order valence-corrected chi connectivity index (χ1v) is 8.84. The third-order valence-corrected chi connectivity index (χ3v) is 5.27. The van der Waals surface area contributed by atoms with Gasteiger partial charge in [-0.25, -0.2) is 0 Å². The minimum atomic E-state index is 0.0959. The van der Waals surface area contributed by atoms with Crippen molar-refractivity contribution in [3.63, 3.8) is 0 Å². The molecule has 2 aliphatic rings. The molecule has 1 aromatic heterocycles. The Morgan fingerprint density at radius 3 is 2.75 bits per heavy atom. The van der Waals surface area contributed by atoms with Crippen molar-refractivity contribution in [2.24, 2.45) is 0 Å². The van der Waals surface area contributed by atoms with Crippen molar-refractivity contribution in [1.82, 2.24) is 14.8 Å². The Morgan fingerprint density at radius 1 is 1.21 bits per heavy atom. The third-order valence-electron chi connectivity index (χ3n) is 5.27. The molecule has 1 aliphatic carbocycles. The number of rotatable bonds is 2. The lowest BCUT2D eigenvalue weighted by atomic mass is 9.94. The number of carbonyl (C=O) groups is 2. The second-order valence-corrected chi connectivity index (χ2v) is 6.66. The van der Waals surface area contributed by atoms with Crippen LogP contribution < -0.4 is 5.32 Å². The molecule has 1 N–H and O–H groups in total. The molecular formula is C19H23N3O2. The number of ketones is 1. The summed E-state index contributed by atoms with van der Waals surface area (Å²) in [5, 5.41) is 4.36. The molecule has 0 saturated carbocycles. The van der Waals surface area contributed by atoms with Gasteiger partial charge in [0, 0.05) is 67.7 Å². The highest BCUT2D eigenvalue weighted by atomic mass is 16.2. The Kier molecular flexibility index (Phi) is 3.88. The van der Waals surface area contributed by atoms with Crippen molar-refractivity contribution >= 4 is 22.6 Å². The molecular weight excluding hydrogens is 302 g/mol. The number of nitrogens with one attached hydrogen (secondary N) is 1. The van der Waals surface area contributed by atoms with E-state index in [2.05, 4.69) is 22.9 Å². The quantitative estimate of drug-likeness (QED) is 0.915. The van der Waals surface area contributed by atoms with Crippen molar-refractivity contribution in [3.05, 3.63) is 35.0 Å². The Bertz CT molecular complexity index is 816. The van der Waals surface area contributed by atoms with Crippen molar-refractivity contribution in [2.75, 3.05) is 26.2 Å². The molecule has 5 nitrogen and oxygen atoms in total. The summed E-state index contributed by atoms with van der Waals surface area (Å²) in [5.74, 6) is 0.398. The van der Waals surface area contributed by atoms with Gasteiger partial charge >= 0.3 is 0 Å². The molecule has 0 atom stereocenters. The molecule has 1 aliphatic heterocycles. The number of benzene rings is 1. The molecule has 1 amide bonds. The van der Waals surface area contributed by atoms with Crippen molar-refractivity contribution in [2.45, 2.75) is 32.7 Å². The molecule has 1 fully saturated rings. The molecule has 0 radical (unpaired) electrons. The lowest BCUT2D eigenvalue weighted by molar-refractivity contribution is -0.118. The first-order chi connectivity index (χ1) is 11.7. The highest BCUT2D eigenvalue weighted by Gasteiger charge is 2.25. The highest BCUT2D eigenvalue weighted by molar-refractivity contribution is 6.01. The number of hydrogen-bond acceptors (Lipinski definition) is 3. The van der Waals surface area contributed by atoms with E-state index in [0.717, 1.165) is 61.2 Å². The monoisotopic (exact) mass is 325 g/mol. The lowest BCUT2D eigenvalue weighted by Gasteiger charge is -2.27. The van der Waals surface area contributed by atoms with Crippen LogP contribution in [0, 0.1) is 0 Å². The van der Waals surface area contributed by atoms with Gasteiger partial charge in [0.05, 0.1) is 0 Å². The zero-order valence-corrected chi connectivity index (χ0v) is 14.1. The Labute approximate surface area is 141 Å². The minimum Gasteiger partial charge on any atom is -0.345 e. The van der Waals surface area contributed by atoms with E-state index < -0.39 is 0 Å². The Hall–Kier alpha value is -2.14. The second-order valence-electron chi connectivity index (χ2n) is 6.66. The summed E-state index contributed by atoms with van der Waals surface area (Å²) >= 11 is 0. The van der Waals surface area contributed by atoms with E-state index in [0.29, 0.717) is 18.6 Å². The fourth-order valence-electron chi connectivity index (χ4n) is 4.05. The average Bonchev–Trinajstić information content (AvgIpc) is 2.94. The van der Waals surface area contributed by atoms with Crippen LogP contribution in [-0.4, -0.2) is 47.3 Å². The number of Topliss-reactive ketones (excluding diaryl/α,β-unsaturated/α-hetero) is 1. The summed E-state index contributed by atoms with van der Waals surface area (Å²) in [6.45, 7) is 6.24. The van der Waals surface area contributed by atoms with Gasteiger partial charge in [0.2, 0.25) is 0 Å². The van der Waals surface area contributed by atoms with E-state index in [1.807, 2.05) is 17.0 Å². The van der Waals surface area contributed by atoms with Gasteiger partial charge in [-0.3, -0.25) is 9.59 Å². The van der Waals surface area contributed by atoms with Crippen LogP contribution in [0.2, 0.25) is 0 Å². The van der Waals surface area contributed by atoms with Gasteiger partial charge in [0.25, 0.3) is 5.91 Å². The number of nitrogens with zero attached hydrogens (tertiary/aromatic N) is 2. The SMILES string of the molecule is CCn1c2c(c3cc(C(=O)N4CCNCC4)ccc31)CC(=O)CC2. The first kappa shape index (κ1) is 15.4. The lowest BCUT2D eigenvalue weighted by Crippen LogP contribution is -2.46. The molecule has 5 heteroatoms. The molecule has 1 saturated heterocycles. The third kappa shape index (κ3) is 2.44. The number of hydrogen-bond donors (Lipinski definition) is 1. The number of aryl methyl sites for hydroxylation is 1. The molecule has 0 spiro atoms. The maximum Gasteiger partial charge on any atom is 0.253 e. The zero-order chi connectivity index (χ0) is 16.7. The molecule has 0 unspecified atom stereocenters. The van der Waals surface area contributed by atoms with Gasteiger partial charge in [-0.05, 0) is 37.1 Å². The molecule has 24 heavy (non-hydrogen) atoms. The van der Waals surface area contributed by atoms with E-state index in [1.165, 1.54) is 5.69 Å². The number of fused-ring (bicyclic) bond motifs is 3. The summed E-state index contributed by atoms with van der Waals surface area (Å²) in [6, 6.07) is 5.99. The maximum atomic E-state index is 12.8. The fraction of sp³-hybridized carbons (Fsp3) is 0.474. The molecule has 126 valence electrons. The summed E-state index contributed by atoms with van der Waals surface area (Å²) in [7, 11) is 0. The van der Waals surface area contributed by atoms with Crippen molar-refractivity contribution < 1.29 is 9.59 Å². The van der Waals surface area contributed by atoms with E-state index in [-0.39, 0.29) is 5.91 Å². The summed E-state index contributed by atoms with van der Waals surface area (Å²) < 4.78 is 2.30. The fourth-order valence-corrected chi connectivity index (χ4v) is 4.05. The average molecular weight is 325 g/mol. The minimum absolute atomic E-state index is 0.0959. The zero-order valence-electron chi connectivity index (χ0n) is 14.1. The van der Waals surface area contributed by atoms with Gasteiger partial charge in [0.15, 0.2) is 0 Å². The predicted molar refractivity (Wildman–Crippen MR) is 93.4 cm³/mol. The van der Waals surface area contributed by atoms with Gasteiger partial charge < -0.3 is 14.8 Å². The summed E-state index contributed by atoms with van der Waals surface area (Å²) in [4.78, 5) is 26.6. The van der Waals surface area contributed by atoms with Crippen LogP contribution in [0.1, 0.15) is 35.0 Å². The topological polar surface area (TPSA) is 54.3 Å². The highest BCUT2D eigenvalue weighted by Crippen LogP contribution is 2.32. The predicted octanol–water partition coefficient (Wildman–Crippen LogP) is 1.76. The Balaban J connectivity index is 1.78. The normalized spacial score (nSPS) is 18.0. The molecule has 4 rings (SSSR count). The van der Waals surface area contributed by atoms with Crippen LogP contribution in [0.15, 0.2) is 18.2 Å². The Morgan fingerprint density at radius 2 is 2.00 bits per heavy atom. The molecule has 2 heterocycles. The van der Waals surface area contributed by atoms with Crippen LogP contribution >= 0.6 is 0 Å². The van der Waals surface area contributed by atoms with Gasteiger partial charge in [-0.15, -0.1) is 0 Å². The molecule has 1 aromatic carbocycles. The number of carbonyl (C=O) groups excluding carboxylic acids is 2. The van der Waals surface area contributed by atoms with Gasteiger partial charge in [0.1, 0.15) is 5.78 Å². The standard InChI is InChI=1S/C19H23N3O2/c1-2-22-17-5-3-13(19(24)21-9-7-20-8-10-21)11-15(17)16-12-14(23)4-6-18(16)22/h3,5,11,20H,2,4,6-10,12H2,1H3. The maximum absolute atomic E-state index is 12.8. The molecule has 0 bridgehead atoms. The van der Waals surface area contributed by atoms with Crippen molar-refractivity contribution in [1.29, 1.82) is 0 Å². The van der Waals surface area contributed by atoms with E-state index >= 15 is 0 Å². The summed E-state index contributed by atoms with van der Waals surface area (Å²) in [6.07, 6.45) is 1.96. The van der Waals surface area contributed by atoms with Crippen molar-refractivity contribution in [3.8, 4) is 0 Å². The van der Waals surface area contributed by atoms with E-state index in [1.54, 1.807) is 0 Å².